The highest BCUT2D eigenvalue weighted by Gasteiger charge is 2.24. The van der Waals surface area contributed by atoms with E-state index in [1.54, 1.807) is 0 Å². The summed E-state index contributed by atoms with van der Waals surface area (Å²) in [6, 6.07) is 0. The van der Waals surface area contributed by atoms with Gasteiger partial charge in [0.05, 0.1) is 0 Å². The minimum Gasteiger partial charge on any atom is -0.368 e. The topological polar surface area (TPSA) is 49.7 Å². The fourth-order valence-corrected chi connectivity index (χ4v) is 0.343. The number of hydrogen-bond acceptors (Lipinski definition) is 3. The monoisotopic (exact) mass is 90.0 g/mol. The van der Waals surface area contributed by atoms with Crippen LogP contribution >= 0.6 is 0 Å². The second kappa shape index (κ2) is 1.18. The molecule has 0 aliphatic carbocycles. The lowest BCUT2D eigenvalue weighted by atomic mass is 10.3. The fourth-order valence-electron chi connectivity index (χ4n) is 0.343. The van der Waals surface area contributed by atoms with Crippen molar-refractivity contribution in [3.05, 3.63) is 0 Å². The maximum Gasteiger partial charge on any atom is 0.162 e. The summed E-state index contributed by atoms with van der Waals surface area (Å²) >= 11 is 0. The van der Waals surface area contributed by atoms with Crippen molar-refractivity contribution in [1.82, 2.24) is 0 Å². The molecule has 1 aliphatic rings. The molecule has 1 fully saturated rings. The summed E-state index contributed by atoms with van der Waals surface area (Å²) in [4.78, 5) is 0. The molecule has 1 heterocycles. The lowest BCUT2D eigenvalue weighted by molar-refractivity contribution is -0.304. The molecule has 0 aromatic rings. The van der Waals surface area contributed by atoms with E-state index >= 15 is 0 Å². The third kappa shape index (κ3) is 0.518. The van der Waals surface area contributed by atoms with E-state index in [1.807, 2.05) is 0 Å². The minimum absolute atomic E-state index is 0.361. The summed E-state index contributed by atoms with van der Waals surface area (Å²) in [6.07, 6.45) is -1.06. The zero-order valence-electron chi connectivity index (χ0n) is 3.16. The maximum atomic E-state index is 8.24. The molecule has 1 rings (SSSR count). The van der Waals surface area contributed by atoms with E-state index in [-0.39, 0.29) is 0 Å². The molecule has 2 atom stereocenters. The first-order valence-electron chi connectivity index (χ1n) is 1.80. The molecule has 0 radical (unpaired) electrons. The Morgan fingerprint density at radius 2 is 1.67 bits per heavy atom. The molecule has 3 nitrogen and oxygen atoms in total. The highest BCUT2D eigenvalue weighted by Crippen LogP contribution is 2.13. The number of aliphatic hydroxyl groups is 2. The zero-order valence-corrected chi connectivity index (χ0v) is 3.16. The Bertz CT molecular complexity index is 42.0. The molecule has 6 heavy (non-hydrogen) atoms. The average molecular weight is 90.1 g/mol. The predicted octanol–water partition coefficient (Wildman–Crippen LogP) is -0.957. The second-order valence-electron chi connectivity index (χ2n) is 1.28. The molecule has 0 amide bonds. The quantitative estimate of drug-likeness (QED) is 0.403. The molecule has 0 spiro atoms. The first-order chi connectivity index (χ1) is 2.79. The lowest BCUT2D eigenvalue weighted by Gasteiger charge is -2.26. The number of aliphatic hydroxyl groups excluding tert-OH is 2. The van der Waals surface area contributed by atoms with Gasteiger partial charge in [-0.3, -0.25) is 0 Å². The zero-order chi connectivity index (χ0) is 4.57. The Morgan fingerprint density at radius 1 is 1.33 bits per heavy atom. The van der Waals surface area contributed by atoms with Gasteiger partial charge in [0.15, 0.2) is 12.6 Å². The van der Waals surface area contributed by atoms with Crippen molar-refractivity contribution in [3.63, 3.8) is 0 Å². The molecule has 1 saturated heterocycles. The SMILES string of the molecule is OC1CC(O)O1. The van der Waals surface area contributed by atoms with Gasteiger partial charge in [-0.05, 0) is 0 Å². The molecule has 0 bridgehead atoms. The Kier molecular flexibility index (Phi) is 0.799. The summed E-state index contributed by atoms with van der Waals surface area (Å²) in [6.45, 7) is 0. The van der Waals surface area contributed by atoms with Gasteiger partial charge >= 0.3 is 0 Å². The number of hydrogen-bond donors (Lipinski definition) is 2. The van der Waals surface area contributed by atoms with Crippen LogP contribution in [0.25, 0.3) is 0 Å². The normalized spacial score (nSPS) is 45.0. The summed E-state index contributed by atoms with van der Waals surface area (Å²) in [5.41, 5.74) is 0. The molecule has 2 N–H and O–H groups in total. The van der Waals surface area contributed by atoms with E-state index in [1.165, 1.54) is 0 Å². The molecule has 0 aromatic carbocycles. The van der Waals surface area contributed by atoms with Crippen LogP contribution in [0.3, 0.4) is 0 Å². The molecule has 0 aromatic heterocycles. The largest absolute Gasteiger partial charge is 0.368 e. The summed E-state index contributed by atoms with van der Waals surface area (Å²) in [5.74, 6) is 0. The first-order valence-corrected chi connectivity index (χ1v) is 1.80. The van der Waals surface area contributed by atoms with E-state index < -0.39 is 12.6 Å². The predicted molar refractivity (Wildman–Crippen MR) is 17.7 cm³/mol. The van der Waals surface area contributed by atoms with Crippen LogP contribution in [0, 0.1) is 0 Å². The molecule has 1 aliphatic heterocycles. The lowest BCUT2D eigenvalue weighted by Crippen LogP contribution is -2.36. The van der Waals surface area contributed by atoms with Crippen LogP contribution < -0.4 is 0 Å². The van der Waals surface area contributed by atoms with Gasteiger partial charge in [-0.25, -0.2) is 0 Å². The van der Waals surface area contributed by atoms with Gasteiger partial charge in [0.25, 0.3) is 0 Å². The van der Waals surface area contributed by atoms with Crippen molar-refractivity contribution in [2.45, 2.75) is 19.0 Å². The maximum absolute atomic E-state index is 8.24. The molecule has 36 valence electrons. The molecular formula is C3H6O3. The van der Waals surface area contributed by atoms with E-state index in [9.17, 15) is 0 Å². The highest BCUT2D eigenvalue weighted by atomic mass is 16.7. The van der Waals surface area contributed by atoms with Crippen molar-refractivity contribution in [1.29, 1.82) is 0 Å². The number of ether oxygens (including phenoxy) is 1. The number of rotatable bonds is 0. The van der Waals surface area contributed by atoms with Gasteiger partial charge < -0.3 is 14.9 Å². The minimum atomic E-state index is -0.708. The fraction of sp³-hybridized carbons (Fsp3) is 1.00. The van der Waals surface area contributed by atoms with Crippen molar-refractivity contribution in [2.24, 2.45) is 0 Å². The third-order valence-electron chi connectivity index (χ3n) is 0.717. The van der Waals surface area contributed by atoms with Gasteiger partial charge in [-0.1, -0.05) is 0 Å². The van der Waals surface area contributed by atoms with Gasteiger partial charge in [-0.2, -0.15) is 0 Å². The highest BCUT2D eigenvalue weighted by molar-refractivity contribution is 4.55. The van der Waals surface area contributed by atoms with E-state index in [2.05, 4.69) is 4.74 Å². The van der Waals surface area contributed by atoms with Crippen molar-refractivity contribution in [2.75, 3.05) is 0 Å². The summed E-state index contributed by atoms with van der Waals surface area (Å²) in [7, 11) is 0. The van der Waals surface area contributed by atoms with E-state index in [4.69, 9.17) is 10.2 Å². The smallest absolute Gasteiger partial charge is 0.162 e. The van der Waals surface area contributed by atoms with E-state index in [0.29, 0.717) is 6.42 Å². The van der Waals surface area contributed by atoms with Gasteiger partial charge in [0.1, 0.15) is 0 Å². The van der Waals surface area contributed by atoms with Crippen LogP contribution in [0.5, 0.6) is 0 Å². The molecule has 3 heteroatoms. The van der Waals surface area contributed by atoms with Crippen LogP contribution in [-0.4, -0.2) is 22.8 Å². The van der Waals surface area contributed by atoms with Crippen LogP contribution in [0.2, 0.25) is 0 Å². The van der Waals surface area contributed by atoms with E-state index in [0.717, 1.165) is 0 Å². The van der Waals surface area contributed by atoms with Gasteiger partial charge in [-0.15, -0.1) is 0 Å². The Morgan fingerprint density at radius 3 is 1.67 bits per heavy atom. The summed E-state index contributed by atoms with van der Waals surface area (Å²) in [5, 5.41) is 16.5. The first kappa shape index (κ1) is 4.05. The second-order valence-corrected chi connectivity index (χ2v) is 1.28. The third-order valence-corrected chi connectivity index (χ3v) is 0.717. The molecule has 2 unspecified atom stereocenters. The molecule has 0 saturated carbocycles. The average Bonchev–Trinajstić information content (AvgIpc) is 1.33. The summed E-state index contributed by atoms with van der Waals surface area (Å²) < 4.78 is 4.25. The van der Waals surface area contributed by atoms with Crippen LogP contribution in [-0.2, 0) is 4.74 Å². The van der Waals surface area contributed by atoms with Crippen molar-refractivity contribution < 1.29 is 14.9 Å². The van der Waals surface area contributed by atoms with Gasteiger partial charge in [0.2, 0.25) is 0 Å². The van der Waals surface area contributed by atoms with Crippen LogP contribution in [0.4, 0.5) is 0 Å². The van der Waals surface area contributed by atoms with Crippen LogP contribution in [0.15, 0.2) is 0 Å². The Balaban J connectivity index is 2.11. The Labute approximate surface area is 35.2 Å². The van der Waals surface area contributed by atoms with Crippen molar-refractivity contribution >= 4 is 0 Å². The Hall–Kier alpha value is -0.120. The molecular weight excluding hydrogens is 84.0 g/mol. The van der Waals surface area contributed by atoms with Crippen LogP contribution in [0.1, 0.15) is 6.42 Å². The standard InChI is InChI=1S/C3H6O3/c4-2-1-3(5)6-2/h2-5H,1H2. The van der Waals surface area contributed by atoms with Crippen molar-refractivity contribution in [3.8, 4) is 0 Å². The van der Waals surface area contributed by atoms with Gasteiger partial charge in [0, 0.05) is 6.42 Å².